The lowest BCUT2D eigenvalue weighted by atomic mass is 10.0. The summed E-state index contributed by atoms with van der Waals surface area (Å²) in [6.07, 6.45) is 1.45. The number of aliphatic hydroxyl groups excluding tert-OH is 1. The second-order valence-electron chi connectivity index (χ2n) is 5.14. The minimum Gasteiger partial charge on any atom is -0.396 e. The molecule has 0 atom stereocenters. The van der Waals surface area contributed by atoms with Gasteiger partial charge in [-0.15, -0.1) is 0 Å². The van der Waals surface area contributed by atoms with E-state index in [0.717, 1.165) is 5.56 Å². The van der Waals surface area contributed by atoms with Gasteiger partial charge in [0.15, 0.2) is 0 Å². The molecule has 1 aromatic rings. The third-order valence-corrected chi connectivity index (χ3v) is 3.44. The Labute approximate surface area is 123 Å². The zero-order valence-corrected chi connectivity index (χ0v) is 12.7. The molecular weight excluding hydrogens is 285 g/mol. The molecule has 3 nitrogen and oxygen atoms in total. The van der Waals surface area contributed by atoms with Gasteiger partial charge in [0.2, 0.25) is 5.91 Å². The van der Waals surface area contributed by atoms with Gasteiger partial charge in [-0.1, -0.05) is 29.3 Å². The molecule has 0 spiro atoms. The van der Waals surface area contributed by atoms with Crippen molar-refractivity contribution in [2.24, 2.45) is 0 Å². The average molecular weight is 304 g/mol. The maximum absolute atomic E-state index is 11.8. The number of halogens is 2. The largest absolute Gasteiger partial charge is 0.396 e. The fraction of sp³-hybridized carbons (Fsp3) is 0.500. The van der Waals surface area contributed by atoms with Crippen molar-refractivity contribution < 1.29 is 9.90 Å². The van der Waals surface area contributed by atoms with E-state index in [1.54, 1.807) is 12.1 Å². The first kappa shape index (κ1) is 16.3. The lowest BCUT2D eigenvalue weighted by Gasteiger charge is -2.25. The van der Waals surface area contributed by atoms with Crippen molar-refractivity contribution in [2.45, 2.75) is 38.6 Å². The number of carbonyl (C=O) groups excluding carboxylic acids is 1. The fourth-order valence-electron chi connectivity index (χ4n) is 1.75. The Hall–Kier alpha value is -0.770. The maximum Gasteiger partial charge on any atom is 0.220 e. The smallest absolute Gasteiger partial charge is 0.220 e. The van der Waals surface area contributed by atoms with Gasteiger partial charge in [-0.05, 0) is 44.4 Å². The van der Waals surface area contributed by atoms with Crippen molar-refractivity contribution in [3.8, 4) is 0 Å². The van der Waals surface area contributed by atoms with Gasteiger partial charge in [0.05, 0.1) is 0 Å². The van der Waals surface area contributed by atoms with E-state index >= 15 is 0 Å². The Morgan fingerprint density at radius 3 is 2.63 bits per heavy atom. The summed E-state index contributed by atoms with van der Waals surface area (Å²) >= 11 is 11.9. The summed E-state index contributed by atoms with van der Waals surface area (Å²) in [6, 6.07) is 5.26. The minimum absolute atomic E-state index is 0.0514. The van der Waals surface area contributed by atoms with E-state index in [1.165, 1.54) is 0 Å². The molecule has 0 heterocycles. The Bertz CT molecular complexity index is 447. The van der Waals surface area contributed by atoms with Gasteiger partial charge in [0.1, 0.15) is 0 Å². The van der Waals surface area contributed by atoms with E-state index in [0.29, 0.717) is 29.3 Å². The summed E-state index contributed by atoms with van der Waals surface area (Å²) in [7, 11) is 0. The molecule has 1 amide bonds. The zero-order chi connectivity index (χ0) is 14.5. The molecule has 2 N–H and O–H groups in total. The van der Waals surface area contributed by atoms with E-state index in [9.17, 15) is 4.79 Å². The number of nitrogens with one attached hydrogen (secondary N) is 1. The third kappa shape index (κ3) is 5.81. The SMILES string of the molecule is CC(C)(CCO)NC(=O)CCc1ccc(Cl)cc1Cl. The molecule has 19 heavy (non-hydrogen) atoms. The molecule has 0 aliphatic heterocycles. The monoisotopic (exact) mass is 303 g/mol. The van der Waals surface area contributed by atoms with Crippen LogP contribution in [0.2, 0.25) is 10.0 Å². The van der Waals surface area contributed by atoms with E-state index in [-0.39, 0.29) is 12.5 Å². The Morgan fingerprint density at radius 2 is 2.05 bits per heavy atom. The zero-order valence-electron chi connectivity index (χ0n) is 11.2. The van der Waals surface area contributed by atoms with Crippen molar-refractivity contribution in [1.82, 2.24) is 5.32 Å². The number of amides is 1. The number of rotatable bonds is 6. The number of hydrogen-bond acceptors (Lipinski definition) is 2. The summed E-state index contributed by atoms with van der Waals surface area (Å²) < 4.78 is 0. The maximum atomic E-state index is 11.8. The third-order valence-electron chi connectivity index (χ3n) is 2.85. The lowest BCUT2D eigenvalue weighted by Crippen LogP contribution is -2.44. The summed E-state index contributed by atoms with van der Waals surface area (Å²) in [4.78, 5) is 11.8. The Balaban J connectivity index is 2.50. The topological polar surface area (TPSA) is 49.3 Å². The van der Waals surface area contributed by atoms with Crippen LogP contribution in [0, 0.1) is 0 Å². The number of aryl methyl sites for hydroxylation is 1. The molecule has 0 aromatic heterocycles. The first-order valence-electron chi connectivity index (χ1n) is 6.20. The molecule has 1 rings (SSSR count). The first-order chi connectivity index (χ1) is 8.84. The molecule has 5 heteroatoms. The van der Waals surface area contributed by atoms with Crippen LogP contribution in [0.1, 0.15) is 32.3 Å². The highest BCUT2D eigenvalue weighted by molar-refractivity contribution is 6.35. The van der Waals surface area contributed by atoms with Crippen LogP contribution in [0.3, 0.4) is 0 Å². The summed E-state index contributed by atoms with van der Waals surface area (Å²) in [5, 5.41) is 13.0. The van der Waals surface area contributed by atoms with Gasteiger partial charge in [-0.25, -0.2) is 0 Å². The van der Waals surface area contributed by atoms with Crippen LogP contribution in [0.15, 0.2) is 18.2 Å². The minimum atomic E-state index is -0.393. The van der Waals surface area contributed by atoms with Crippen LogP contribution in [0.4, 0.5) is 0 Å². The molecule has 0 aliphatic carbocycles. The van der Waals surface area contributed by atoms with Gasteiger partial charge in [-0.2, -0.15) is 0 Å². The van der Waals surface area contributed by atoms with E-state index < -0.39 is 5.54 Å². The highest BCUT2D eigenvalue weighted by atomic mass is 35.5. The molecule has 106 valence electrons. The summed E-state index contributed by atoms with van der Waals surface area (Å²) in [5.74, 6) is -0.0514. The standard InChI is InChI=1S/C14H19Cl2NO2/c1-14(2,7-8-18)17-13(19)6-4-10-3-5-11(15)9-12(10)16/h3,5,9,18H,4,6-8H2,1-2H3,(H,17,19). The van der Waals surface area contributed by atoms with E-state index in [2.05, 4.69) is 5.32 Å². The molecule has 1 aromatic carbocycles. The predicted octanol–water partition coefficient (Wildman–Crippen LogP) is 3.20. The predicted molar refractivity (Wildman–Crippen MR) is 78.7 cm³/mol. The number of benzene rings is 1. The fourth-order valence-corrected chi connectivity index (χ4v) is 2.26. The van der Waals surface area contributed by atoms with E-state index in [1.807, 2.05) is 19.9 Å². The molecular formula is C14H19Cl2NO2. The highest BCUT2D eigenvalue weighted by Gasteiger charge is 2.19. The number of hydrogen-bond donors (Lipinski definition) is 2. The number of carbonyl (C=O) groups is 1. The van der Waals surface area contributed by atoms with Gasteiger partial charge in [0, 0.05) is 28.6 Å². The molecule has 0 radical (unpaired) electrons. The van der Waals surface area contributed by atoms with Crippen LogP contribution in [0.25, 0.3) is 0 Å². The van der Waals surface area contributed by atoms with Gasteiger partial charge in [0.25, 0.3) is 0 Å². The normalized spacial score (nSPS) is 11.4. The van der Waals surface area contributed by atoms with Crippen LogP contribution in [-0.2, 0) is 11.2 Å². The van der Waals surface area contributed by atoms with Crippen LogP contribution in [0.5, 0.6) is 0 Å². The van der Waals surface area contributed by atoms with Crippen molar-refractivity contribution in [3.05, 3.63) is 33.8 Å². The van der Waals surface area contributed by atoms with Crippen LogP contribution >= 0.6 is 23.2 Å². The second-order valence-corrected chi connectivity index (χ2v) is 5.99. The molecule has 0 aliphatic rings. The highest BCUT2D eigenvalue weighted by Crippen LogP contribution is 2.22. The summed E-state index contributed by atoms with van der Waals surface area (Å²) in [5.41, 5.74) is 0.511. The van der Waals surface area contributed by atoms with Crippen molar-refractivity contribution in [2.75, 3.05) is 6.61 Å². The Kier molecular flexibility index (Phi) is 6.11. The van der Waals surface area contributed by atoms with Crippen LogP contribution in [-0.4, -0.2) is 23.2 Å². The summed E-state index contributed by atoms with van der Waals surface area (Å²) in [6.45, 7) is 3.82. The quantitative estimate of drug-likeness (QED) is 0.848. The van der Waals surface area contributed by atoms with Gasteiger partial charge < -0.3 is 10.4 Å². The molecule has 0 unspecified atom stereocenters. The first-order valence-corrected chi connectivity index (χ1v) is 6.95. The van der Waals surface area contributed by atoms with Crippen molar-refractivity contribution in [3.63, 3.8) is 0 Å². The molecule has 0 bridgehead atoms. The Morgan fingerprint density at radius 1 is 1.37 bits per heavy atom. The van der Waals surface area contributed by atoms with E-state index in [4.69, 9.17) is 28.3 Å². The molecule has 0 saturated carbocycles. The second kappa shape index (κ2) is 7.13. The van der Waals surface area contributed by atoms with Gasteiger partial charge >= 0.3 is 0 Å². The molecule has 0 fully saturated rings. The molecule has 0 saturated heterocycles. The van der Waals surface area contributed by atoms with Crippen molar-refractivity contribution >= 4 is 29.1 Å². The van der Waals surface area contributed by atoms with Crippen molar-refractivity contribution in [1.29, 1.82) is 0 Å². The average Bonchev–Trinajstić information content (AvgIpc) is 2.26. The van der Waals surface area contributed by atoms with Gasteiger partial charge in [-0.3, -0.25) is 4.79 Å². The lowest BCUT2D eigenvalue weighted by molar-refractivity contribution is -0.122. The van der Waals surface area contributed by atoms with Crippen LogP contribution < -0.4 is 5.32 Å². The number of aliphatic hydroxyl groups is 1.